The number of amides is 1. The molecule has 1 amide bonds. The number of benzene rings is 2. The Morgan fingerprint density at radius 2 is 1.87 bits per heavy atom. The second-order valence-corrected chi connectivity index (χ2v) is 8.62. The highest BCUT2D eigenvalue weighted by atomic mass is 19.2. The van der Waals surface area contributed by atoms with Crippen LogP contribution in [-0.4, -0.2) is 22.8 Å². The summed E-state index contributed by atoms with van der Waals surface area (Å²) in [7, 11) is 1.51. The molecule has 2 aromatic carbocycles. The molecule has 7 heteroatoms. The first-order valence-electron chi connectivity index (χ1n) is 10.7. The first-order valence-corrected chi connectivity index (χ1v) is 10.7. The van der Waals surface area contributed by atoms with E-state index in [2.05, 4.69) is 19.2 Å². The summed E-state index contributed by atoms with van der Waals surface area (Å²) in [6.07, 6.45) is 6.62. The molecule has 0 bridgehead atoms. The molecule has 0 aliphatic heterocycles. The largest absolute Gasteiger partial charge is 0.494 e. The van der Waals surface area contributed by atoms with Gasteiger partial charge in [-0.15, -0.1) is 0 Å². The summed E-state index contributed by atoms with van der Waals surface area (Å²) < 4.78 is 34.1. The third-order valence-corrected chi connectivity index (χ3v) is 6.33. The third kappa shape index (κ3) is 4.40. The van der Waals surface area contributed by atoms with E-state index in [0.717, 1.165) is 41.8 Å². The Kier molecular flexibility index (Phi) is 5.94. The second kappa shape index (κ2) is 8.65. The van der Waals surface area contributed by atoms with Gasteiger partial charge in [-0.25, -0.2) is 8.78 Å². The smallest absolute Gasteiger partial charge is 0.255 e. The molecular weight excluding hydrogens is 400 g/mol. The van der Waals surface area contributed by atoms with Crippen LogP contribution in [0.2, 0.25) is 0 Å². The van der Waals surface area contributed by atoms with Crippen LogP contribution in [0.5, 0.6) is 5.75 Å². The van der Waals surface area contributed by atoms with Gasteiger partial charge in [0, 0.05) is 23.2 Å². The van der Waals surface area contributed by atoms with Crippen LogP contribution in [0.4, 0.5) is 14.5 Å². The fourth-order valence-electron chi connectivity index (χ4n) is 4.39. The van der Waals surface area contributed by atoms with Crippen molar-refractivity contribution in [1.29, 1.82) is 0 Å². The molecule has 1 saturated carbocycles. The first-order chi connectivity index (χ1) is 14.9. The zero-order valence-electron chi connectivity index (χ0n) is 18.0. The van der Waals surface area contributed by atoms with Gasteiger partial charge in [0.25, 0.3) is 5.91 Å². The lowest BCUT2D eigenvalue weighted by atomic mass is 9.80. The van der Waals surface area contributed by atoms with Gasteiger partial charge in [-0.2, -0.15) is 5.10 Å². The molecule has 0 saturated heterocycles. The summed E-state index contributed by atoms with van der Waals surface area (Å²) in [5.41, 5.74) is 1.26. The second-order valence-electron chi connectivity index (χ2n) is 8.62. The maximum atomic E-state index is 13.5. The molecule has 1 aliphatic rings. The number of aromatic nitrogens is 2. The van der Waals surface area contributed by atoms with E-state index in [1.165, 1.54) is 26.0 Å². The summed E-state index contributed by atoms with van der Waals surface area (Å²) in [4.78, 5) is 12.5. The van der Waals surface area contributed by atoms with Crippen LogP contribution in [0.1, 0.15) is 55.9 Å². The molecule has 0 atom stereocenters. The minimum atomic E-state index is -1.07. The standard InChI is InChI=1S/C24H27F2N3O2/c1-14(2)15-4-7-18(8-5-15)29-13-17-11-22(23(31-3)12-21(17)28-29)27-24(30)16-6-9-19(25)20(26)10-16/h6,9-15,18H,4-5,7-8H2,1-3H3,(H,27,30). The van der Waals surface area contributed by atoms with E-state index in [0.29, 0.717) is 23.4 Å². The Hall–Kier alpha value is -2.96. The SMILES string of the molecule is COc1cc2nn(C3CCC(C(C)C)CC3)cc2cc1NC(=O)c1ccc(F)c(F)c1. The highest BCUT2D eigenvalue weighted by molar-refractivity contribution is 6.06. The number of hydrogen-bond acceptors (Lipinski definition) is 3. The highest BCUT2D eigenvalue weighted by Crippen LogP contribution is 2.37. The molecule has 1 N–H and O–H groups in total. The van der Waals surface area contributed by atoms with E-state index < -0.39 is 17.5 Å². The summed E-state index contributed by atoms with van der Waals surface area (Å²) >= 11 is 0. The number of ether oxygens (including phenoxy) is 1. The van der Waals surface area contributed by atoms with Crippen molar-refractivity contribution in [2.24, 2.45) is 11.8 Å². The Balaban J connectivity index is 1.57. The van der Waals surface area contributed by atoms with Crippen molar-refractivity contribution in [2.45, 2.75) is 45.6 Å². The average Bonchev–Trinajstić information content (AvgIpc) is 3.18. The summed E-state index contributed by atoms with van der Waals surface area (Å²) in [6, 6.07) is 7.00. The normalized spacial score (nSPS) is 19.0. The van der Waals surface area contributed by atoms with Gasteiger partial charge in [0.2, 0.25) is 0 Å². The fourth-order valence-corrected chi connectivity index (χ4v) is 4.39. The Morgan fingerprint density at radius 1 is 1.13 bits per heavy atom. The van der Waals surface area contributed by atoms with Crippen molar-refractivity contribution >= 4 is 22.5 Å². The van der Waals surface area contributed by atoms with Gasteiger partial charge >= 0.3 is 0 Å². The monoisotopic (exact) mass is 427 g/mol. The van der Waals surface area contributed by atoms with Gasteiger partial charge in [-0.05, 0) is 61.8 Å². The van der Waals surface area contributed by atoms with Crippen molar-refractivity contribution in [3.63, 3.8) is 0 Å². The number of nitrogens with one attached hydrogen (secondary N) is 1. The fraction of sp³-hybridized carbons (Fsp3) is 0.417. The number of fused-ring (bicyclic) bond motifs is 1. The number of carbonyl (C=O) groups excluding carboxylic acids is 1. The molecule has 31 heavy (non-hydrogen) atoms. The van der Waals surface area contributed by atoms with Crippen LogP contribution in [0, 0.1) is 23.5 Å². The molecule has 1 aliphatic carbocycles. The molecule has 0 radical (unpaired) electrons. The van der Waals surface area contributed by atoms with E-state index in [-0.39, 0.29) is 5.56 Å². The van der Waals surface area contributed by atoms with E-state index in [4.69, 9.17) is 9.84 Å². The molecule has 1 heterocycles. The number of carbonyl (C=O) groups is 1. The topological polar surface area (TPSA) is 56.1 Å². The minimum absolute atomic E-state index is 0.0265. The van der Waals surface area contributed by atoms with Gasteiger partial charge < -0.3 is 10.1 Å². The summed E-state index contributed by atoms with van der Waals surface area (Å²) in [5.74, 6) is -0.663. The Bertz CT molecular complexity index is 1100. The number of nitrogens with zero attached hydrogens (tertiary/aromatic N) is 2. The molecule has 4 rings (SSSR count). The van der Waals surface area contributed by atoms with E-state index in [9.17, 15) is 13.6 Å². The van der Waals surface area contributed by atoms with Crippen LogP contribution in [0.3, 0.4) is 0 Å². The number of methoxy groups -OCH3 is 1. The molecule has 164 valence electrons. The van der Waals surface area contributed by atoms with Crippen LogP contribution in [0.15, 0.2) is 36.5 Å². The number of hydrogen-bond donors (Lipinski definition) is 1. The van der Waals surface area contributed by atoms with Crippen LogP contribution < -0.4 is 10.1 Å². The predicted octanol–water partition coefficient (Wildman–Crippen LogP) is 5.96. The quantitative estimate of drug-likeness (QED) is 0.546. The number of rotatable bonds is 5. The maximum absolute atomic E-state index is 13.5. The lowest BCUT2D eigenvalue weighted by Crippen LogP contribution is -2.21. The zero-order chi connectivity index (χ0) is 22.1. The lowest BCUT2D eigenvalue weighted by Gasteiger charge is -2.30. The summed E-state index contributed by atoms with van der Waals surface area (Å²) in [6.45, 7) is 4.57. The Labute approximate surface area is 180 Å². The molecule has 1 fully saturated rings. The molecule has 3 aromatic rings. The zero-order valence-corrected chi connectivity index (χ0v) is 18.0. The molecular formula is C24H27F2N3O2. The van der Waals surface area contributed by atoms with Crippen molar-refractivity contribution in [2.75, 3.05) is 12.4 Å². The average molecular weight is 427 g/mol. The molecule has 0 unspecified atom stereocenters. The maximum Gasteiger partial charge on any atom is 0.255 e. The molecule has 5 nitrogen and oxygen atoms in total. The molecule has 0 spiro atoms. The van der Waals surface area contributed by atoms with E-state index >= 15 is 0 Å². The van der Waals surface area contributed by atoms with Gasteiger partial charge in [0.05, 0.1) is 24.4 Å². The number of halogens is 2. The van der Waals surface area contributed by atoms with E-state index in [1.54, 1.807) is 12.1 Å². The van der Waals surface area contributed by atoms with Gasteiger partial charge in [-0.1, -0.05) is 13.8 Å². The molecule has 1 aromatic heterocycles. The van der Waals surface area contributed by atoms with Gasteiger partial charge in [0.1, 0.15) is 5.75 Å². The highest BCUT2D eigenvalue weighted by Gasteiger charge is 2.25. The van der Waals surface area contributed by atoms with Gasteiger partial charge in [0.15, 0.2) is 11.6 Å². The minimum Gasteiger partial charge on any atom is -0.494 e. The van der Waals surface area contributed by atoms with Crippen LogP contribution in [-0.2, 0) is 0 Å². The first kappa shape index (κ1) is 21.3. The van der Waals surface area contributed by atoms with Crippen molar-refractivity contribution < 1.29 is 18.3 Å². The van der Waals surface area contributed by atoms with Crippen LogP contribution >= 0.6 is 0 Å². The number of anilines is 1. The van der Waals surface area contributed by atoms with Crippen molar-refractivity contribution in [3.8, 4) is 5.75 Å². The lowest BCUT2D eigenvalue weighted by molar-refractivity contribution is 0.102. The van der Waals surface area contributed by atoms with E-state index in [1.807, 2.05) is 10.9 Å². The van der Waals surface area contributed by atoms with Crippen molar-refractivity contribution in [1.82, 2.24) is 9.78 Å². The third-order valence-electron chi connectivity index (χ3n) is 6.33. The Morgan fingerprint density at radius 3 is 2.52 bits per heavy atom. The summed E-state index contributed by atoms with van der Waals surface area (Å²) in [5, 5.41) is 8.36. The van der Waals surface area contributed by atoms with Crippen LogP contribution in [0.25, 0.3) is 10.9 Å². The van der Waals surface area contributed by atoms with Crippen molar-refractivity contribution in [3.05, 3.63) is 53.7 Å². The predicted molar refractivity (Wildman–Crippen MR) is 116 cm³/mol. The van der Waals surface area contributed by atoms with Gasteiger partial charge in [-0.3, -0.25) is 9.48 Å².